The fourth-order valence-electron chi connectivity index (χ4n) is 3.67. The SMILES string of the molecule is O=C(Nc1ccccc1)Nc1ccc(N2CCC(Cc3ccccc3)CC2)nn1. The number of aromatic nitrogens is 2. The van der Waals surface area contributed by atoms with Crippen molar-refractivity contribution in [2.75, 3.05) is 28.6 Å². The minimum Gasteiger partial charge on any atom is -0.355 e. The van der Waals surface area contributed by atoms with Crippen LogP contribution in [0.1, 0.15) is 18.4 Å². The van der Waals surface area contributed by atoms with E-state index in [-0.39, 0.29) is 6.03 Å². The second-order valence-electron chi connectivity index (χ2n) is 7.34. The number of piperidine rings is 1. The van der Waals surface area contributed by atoms with Crippen LogP contribution in [0.4, 0.5) is 22.1 Å². The van der Waals surface area contributed by atoms with Gasteiger partial charge in [-0.15, -0.1) is 10.2 Å². The van der Waals surface area contributed by atoms with E-state index in [1.54, 1.807) is 6.07 Å². The molecule has 0 aliphatic carbocycles. The molecule has 4 rings (SSSR count). The Hall–Kier alpha value is -3.41. The van der Waals surface area contributed by atoms with Gasteiger partial charge in [0.05, 0.1) is 0 Å². The predicted octanol–water partition coefficient (Wildman–Crippen LogP) is 4.58. The number of benzene rings is 2. The van der Waals surface area contributed by atoms with Crippen LogP contribution in [0, 0.1) is 5.92 Å². The number of nitrogens with zero attached hydrogens (tertiary/aromatic N) is 3. The molecule has 0 radical (unpaired) electrons. The van der Waals surface area contributed by atoms with Gasteiger partial charge in [0.15, 0.2) is 11.6 Å². The molecule has 0 saturated carbocycles. The Balaban J connectivity index is 1.27. The highest BCUT2D eigenvalue weighted by Crippen LogP contribution is 2.24. The molecule has 2 N–H and O–H groups in total. The Bertz CT molecular complexity index is 907. The molecule has 0 bridgehead atoms. The van der Waals surface area contributed by atoms with Crippen molar-refractivity contribution in [1.29, 1.82) is 0 Å². The lowest BCUT2D eigenvalue weighted by molar-refractivity contribution is 0.262. The summed E-state index contributed by atoms with van der Waals surface area (Å²) in [5, 5.41) is 13.9. The first-order valence-electron chi connectivity index (χ1n) is 10.0. The van der Waals surface area contributed by atoms with Crippen LogP contribution in [0.2, 0.25) is 0 Å². The molecule has 0 atom stereocenters. The van der Waals surface area contributed by atoms with E-state index in [1.165, 1.54) is 5.56 Å². The molecule has 2 heterocycles. The largest absolute Gasteiger partial charge is 0.355 e. The number of rotatable bonds is 5. The number of amides is 2. The molecule has 2 amide bonds. The van der Waals surface area contributed by atoms with Crippen LogP contribution >= 0.6 is 0 Å². The molecule has 2 aromatic carbocycles. The number of hydrogen-bond donors (Lipinski definition) is 2. The first kappa shape index (κ1) is 18.9. The van der Waals surface area contributed by atoms with Crippen molar-refractivity contribution >= 4 is 23.4 Å². The Labute approximate surface area is 171 Å². The third kappa shape index (κ3) is 5.31. The van der Waals surface area contributed by atoms with E-state index in [1.807, 2.05) is 36.4 Å². The maximum absolute atomic E-state index is 12.1. The average Bonchev–Trinajstić information content (AvgIpc) is 2.76. The quantitative estimate of drug-likeness (QED) is 0.672. The zero-order valence-corrected chi connectivity index (χ0v) is 16.3. The number of para-hydroxylation sites is 1. The Morgan fingerprint density at radius 2 is 1.55 bits per heavy atom. The molecule has 3 aromatic rings. The summed E-state index contributed by atoms with van der Waals surface area (Å²) < 4.78 is 0. The van der Waals surface area contributed by atoms with Crippen molar-refractivity contribution in [2.45, 2.75) is 19.3 Å². The zero-order valence-electron chi connectivity index (χ0n) is 16.3. The number of anilines is 3. The van der Waals surface area contributed by atoms with Crippen molar-refractivity contribution in [3.63, 3.8) is 0 Å². The molecule has 148 valence electrons. The van der Waals surface area contributed by atoms with Gasteiger partial charge in [-0.1, -0.05) is 48.5 Å². The Morgan fingerprint density at radius 3 is 2.21 bits per heavy atom. The molecule has 1 aliphatic rings. The Kier molecular flexibility index (Phi) is 6.00. The van der Waals surface area contributed by atoms with E-state index >= 15 is 0 Å². The van der Waals surface area contributed by atoms with Crippen LogP contribution in [0.5, 0.6) is 0 Å². The number of nitrogens with one attached hydrogen (secondary N) is 2. The van der Waals surface area contributed by atoms with Crippen molar-refractivity contribution in [1.82, 2.24) is 10.2 Å². The summed E-state index contributed by atoms with van der Waals surface area (Å²) in [5.74, 6) is 2.00. The van der Waals surface area contributed by atoms with Crippen molar-refractivity contribution in [3.8, 4) is 0 Å². The lowest BCUT2D eigenvalue weighted by atomic mass is 9.90. The van der Waals surface area contributed by atoms with Crippen molar-refractivity contribution < 1.29 is 4.79 Å². The molecule has 1 aromatic heterocycles. The van der Waals surface area contributed by atoms with Crippen LogP contribution in [-0.2, 0) is 6.42 Å². The summed E-state index contributed by atoms with van der Waals surface area (Å²) in [6.07, 6.45) is 3.44. The monoisotopic (exact) mass is 387 g/mol. The van der Waals surface area contributed by atoms with Gasteiger partial charge in [0, 0.05) is 18.8 Å². The predicted molar refractivity (Wildman–Crippen MR) is 116 cm³/mol. The number of hydrogen-bond acceptors (Lipinski definition) is 4. The lowest BCUT2D eigenvalue weighted by Gasteiger charge is -2.32. The average molecular weight is 387 g/mol. The van der Waals surface area contributed by atoms with E-state index in [0.717, 1.165) is 43.9 Å². The van der Waals surface area contributed by atoms with Crippen LogP contribution in [0.25, 0.3) is 0 Å². The van der Waals surface area contributed by atoms with Crippen molar-refractivity contribution in [3.05, 3.63) is 78.4 Å². The highest BCUT2D eigenvalue weighted by molar-refractivity contribution is 5.99. The number of urea groups is 1. The molecular weight excluding hydrogens is 362 g/mol. The summed E-state index contributed by atoms with van der Waals surface area (Å²) in [7, 11) is 0. The molecule has 6 heteroatoms. The fourth-order valence-corrected chi connectivity index (χ4v) is 3.67. The molecule has 1 aliphatic heterocycles. The molecule has 1 saturated heterocycles. The highest BCUT2D eigenvalue weighted by atomic mass is 16.2. The molecular formula is C23H25N5O. The molecule has 6 nitrogen and oxygen atoms in total. The van der Waals surface area contributed by atoms with Gasteiger partial charge in [0.1, 0.15) is 0 Å². The molecule has 0 spiro atoms. The van der Waals surface area contributed by atoms with Gasteiger partial charge >= 0.3 is 6.03 Å². The Morgan fingerprint density at radius 1 is 0.862 bits per heavy atom. The maximum atomic E-state index is 12.1. The van der Waals surface area contributed by atoms with Crippen LogP contribution in [0.15, 0.2) is 72.8 Å². The zero-order chi connectivity index (χ0) is 19.9. The first-order valence-corrected chi connectivity index (χ1v) is 10.0. The van der Waals surface area contributed by atoms with Crippen LogP contribution < -0.4 is 15.5 Å². The van der Waals surface area contributed by atoms with Gasteiger partial charge < -0.3 is 10.2 Å². The van der Waals surface area contributed by atoms with Gasteiger partial charge in [0.25, 0.3) is 0 Å². The van der Waals surface area contributed by atoms with Gasteiger partial charge in [-0.3, -0.25) is 5.32 Å². The highest BCUT2D eigenvalue weighted by Gasteiger charge is 2.20. The summed E-state index contributed by atoms with van der Waals surface area (Å²) in [6.45, 7) is 1.96. The van der Waals surface area contributed by atoms with Crippen LogP contribution in [-0.4, -0.2) is 29.3 Å². The number of carbonyl (C=O) groups is 1. The first-order chi connectivity index (χ1) is 14.3. The summed E-state index contributed by atoms with van der Waals surface area (Å²) in [4.78, 5) is 14.3. The summed E-state index contributed by atoms with van der Waals surface area (Å²) in [5.41, 5.74) is 2.14. The summed E-state index contributed by atoms with van der Waals surface area (Å²) >= 11 is 0. The topological polar surface area (TPSA) is 70.2 Å². The molecule has 29 heavy (non-hydrogen) atoms. The number of carbonyl (C=O) groups excluding carboxylic acids is 1. The van der Waals surface area contributed by atoms with Gasteiger partial charge in [-0.2, -0.15) is 0 Å². The third-order valence-corrected chi connectivity index (χ3v) is 5.23. The van der Waals surface area contributed by atoms with E-state index < -0.39 is 0 Å². The van der Waals surface area contributed by atoms with E-state index in [2.05, 4.69) is 56.1 Å². The standard InChI is InChI=1S/C23H25N5O/c29-23(24-20-9-5-2-6-10-20)25-21-11-12-22(27-26-21)28-15-13-19(14-16-28)17-18-7-3-1-4-8-18/h1-12,19H,13-17H2,(H2,24,25,26,29). The smallest absolute Gasteiger partial charge is 0.324 e. The van der Waals surface area contributed by atoms with Gasteiger partial charge in [0.2, 0.25) is 0 Å². The fraction of sp³-hybridized carbons (Fsp3) is 0.261. The molecule has 1 fully saturated rings. The molecule has 0 unspecified atom stereocenters. The minimum absolute atomic E-state index is 0.333. The third-order valence-electron chi connectivity index (χ3n) is 5.23. The van der Waals surface area contributed by atoms with Gasteiger partial charge in [-0.25, -0.2) is 4.79 Å². The van der Waals surface area contributed by atoms with Crippen LogP contribution in [0.3, 0.4) is 0 Å². The lowest BCUT2D eigenvalue weighted by Crippen LogP contribution is -2.35. The van der Waals surface area contributed by atoms with Gasteiger partial charge in [-0.05, 0) is 55.0 Å². The normalized spacial score (nSPS) is 14.4. The second kappa shape index (κ2) is 9.19. The summed E-state index contributed by atoms with van der Waals surface area (Å²) in [6, 6.07) is 23.4. The van der Waals surface area contributed by atoms with E-state index in [4.69, 9.17) is 0 Å². The van der Waals surface area contributed by atoms with Crippen molar-refractivity contribution in [2.24, 2.45) is 5.92 Å². The second-order valence-corrected chi connectivity index (χ2v) is 7.34. The van der Waals surface area contributed by atoms with E-state index in [9.17, 15) is 4.79 Å². The van der Waals surface area contributed by atoms with E-state index in [0.29, 0.717) is 11.7 Å². The minimum atomic E-state index is -0.333. The maximum Gasteiger partial charge on any atom is 0.324 e.